The van der Waals surface area contributed by atoms with Crippen LogP contribution in [0.2, 0.25) is 10.0 Å². The number of rotatable bonds is 5. The zero-order valence-electron chi connectivity index (χ0n) is 19.8. The van der Waals surface area contributed by atoms with Crippen molar-refractivity contribution in [3.63, 3.8) is 0 Å². The van der Waals surface area contributed by atoms with Crippen LogP contribution in [0.25, 0.3) is 10.9 Å². The smallest absolute Gasteiger partial charge is 0.416 e. The topological polar surface area (TPSA) is 51.5 Å². The Morgan fingerprint density at radius 1 is 1.11 bits per heavy atom. The van der Waals surface area contributed by atoms with E-state index < -0.39 is 11.7 Å². The molecule has 0 radical (unpaired) electrons. The largest absolute Gasteiger partial charge is 0.469 e. The first kappa shape index (κ1) is 26.4. The monoisotopic (exact) mass is 540 g/mol. The van der Waals surface area contributed by atoms with E-state index in [0.29, 0.717) is 65.0 Å². The van der Waals surface area contributed by atoms with Crippen LogP contribution in [0.5, 0.6) is 0 Å². The molecule has 0 atom stereocenters. The number of aryl methyl sites for hydroxylation is 1. The summed E-state index contributed by atoms with van der Waals surface area (Å²) in [5.74, 6) is -0.314. The number of hydrogen-bond donors (Lipinski definition) is 0. The summed E-state index contributed by atoms with van der Waals surface area (Å²) in [6.45, 7) is 2.81. The van der Waals surface area contributed by atoms with E-state index in [1.807, 2.05) is 0 Å². The maximum absolute atomic E-state index is 13.3. The highest BCUT2D eigenvalue weighted by Crippen LogP contribution is 2.35. The Morgan fingerprint density at radius 2 is 1.81 bits per heavy atom. The lowest BCUT2D eigenvalue weighted by Crippen LogP contribution is -2.39. The molecule has 5 nitrogen and oxygen atoms in total. The van der Waals surface area contributed by atoms with E-state index in [4.69, 9.17) is 27.9 Å². The van der Waals surface area contributed by atoms with Crippen LogP contribution in [0.3, 0.4) is 0 Å². The minimum atomic E-state index is -4.43. The molecule has 2 aromatic carbocycles. The molecule has 2 heterocycles. The molecule has 10 heteroatoms. The Hall–Kier alpha value is -2.71. The third-order valence-electron chi connectivity index (χ3n) is 6.71. The number of benzene rings is 2. The number of ether oxygens (including phenoxy) is 1. The van der Waals surface area contributed by atoms with E-state index in [-0.39, 0.29) is 29.4 Å². The second-order valence-electron chi connectivity index (χ2n) is 9.08. The van der Waals surface area contributed by atoms with Gasteiger partial charge in [0, 0.05) is 41.7 Å². The number of alkyl halides is 3. The quantitative estimate of drug-likeness (QED) is 0.337. The van der Waals surface area contributed by atoms with E-state index in [1.165, 1.54) is 7.11 Å². The van der Waals surface area contributed by atoms with Gasteiger partial charge in [-0.15, -0.1) is 0 Å². The highest BCUT2D eigenvalue weighted by molar-refractivity contribution is 6.38. The minimum Gasteiger partial charge on any atom is -0.469 e. The third-order valence-corrected chi connectivity index (χ3v) is 7.49. The number of esters is 1. The summed E-state index contributed by atoms with van der Waals surface area (Å²) in [5, 5.41) is 1.03. The number of aromatic nitrogens is 1. The molecule has 0 N–H and O–H groups in total. The molecule has 36 heavy (non-hydrogen) atoms. The SMILES string of the molecule is COC(=O)CC1CCN(C(=O)c2ccc(Cl)c(Cn3ccc4cc(C(F)(F)F)cc(C)c43)c2Cl)CC1. The number of piperidine rings is 1. The van der Waals surface area contributed by atoms with Crippen LogP contribution in [0.4, 0.5) is 13.2 Å². The number of methoxy groups -OCH3 is 1. The number of carbonyl (C=O) groups excluding carboxylic acids is 2. The normalized spacial score (nSPS) is 14.9. The van der Waals surface area contributed by atoms with E-state index in [9.17, 15) is 22.8 Å². The second kappa shape index (κ2) is 10.3. The van der Waals surface area contributed by atoms with Crippen LogP contribution in [0, 0.1) is 12.8 Å². The molecule has 0 unspecified atom stereocenters. The molecule has 3 aromatic rings. The van der Waals surface area contributed by atoms with Crippen molar-refractivity contribution in [3.8, 4) is 0 Å². The lowest BCUT2D eigenvalue weighted by molar-refractivity contribution is -0.142. The second-order valence-corrected chi connectivity index (χ2v) is 9.86. The molecule has 1 aromatic heterocycles. The fraction of sp³-hybridized carbons (Fsp3) is 0.385. The van der Waals surface area contributed by atoms with E-state index >= 15 is 0 Å². The summed E-state index contributed by atoms with van der Waals surface area (Å²) in [6, 6.07) is 7.05. The van der Waals surface area contributed by atoms with Gasteiger partial charge < -0.3 is 14.2 Å². The van der Waals surface area contributed by atoms with Gasteiger partial charge in [0.1, 0.15) is 0 Å². The first-order chi connectivity index (χ1) is 17.0. The van der Waals surface area contributed by atoms with Gasteiger partial charge in [-0.3, -0.25) is 9.59 Å². The van der Waals surface area contributed by atoms with Gasteiger partial charge in [-0.1, -0.05) is 23.2 Å². The van der Waals surface area contributed by atoms with Crippen LogP contribution in [0.15, 0.2) is 36.5 Å². The van der Waals surface area contributed by atoms with Crippen molar-refractivity contribution in [2.24, 2.45) is 5.92 Å². The summed E-state index contributed by atoms with van der Waals surface area (Å²) in [7, 11) is 1.36. The van der Waals surface area contributed by atoms with Crippen molar-refractivity contribution in [2.45, 2.75) is 38.9 Å². The number of hydrogen-bond acceptors (Lipinski definition) is 3. The van der Waals surface area contributed by atoms with Gasteiger partial charge in [-0.05, 0) is 61.6 Å². The number of amides is 1. The average Bonchev–Trinajstić information content (AvgIpc) is 3.24. The molecule has 1 saturated heterocycles. The first-order valence-electron chi connectivity index (χ1n) is 11.5. The average molecular weight is 541 g/mol. The fourth-order valence-electron chi connectivity index (χ4n) is 4.77. The molecule has 192 valence electrons. The number of likely N-dealkylation sites (tertiary alicyclic amines) is 1. The Balaban J connectivity index is 1.57. The van der Waals surface area contributed by atoms with E-state index in [1.54, 1.807) is 40.8 Å². The van der Waals surface area contributed by atoms with Crippen molar-refractivity contribution in [1.29, 1.82) is 0 Å². The van der Waals surface area contributed by atoms with Gasteiger partial charge >= 0.3 is 12.1 Å². The number of halogens is 5. The van der Waals surface area contributed by atoms with Crippen molar-refractivity contribution >= 4 is 46.0 Å². The minimum absolute atomic E-state index is 0.167. The molecule has 1 fully saturated rings. The standard InChI is InChI=1S/C26H25Cl2F3N2O3/c1-15-11-18(26(29,30)31)13-17-7-10-33(24(15)17)14-20-21(27)4-3-19(23(20)28)25(35)32-8-5-16(6-9-32)12-22(34)36-2/h3-4,7,10-11,13,16H,5-6,8-9,12,14H2,1-2H3. The number of fused-ring (bicyclic) bond motifs is 1. The predicted octanol–water partition coefficient (Wildman–Crippen LogP) is 6.74. The van der Waals surface area contributed by atoms with Crippen LogP contribution in [0.1, 0.15) is 46.3 Å². The first-order valence-corrected chi connectivity index (χ1v) is 12.2. The maximum atomic E-state index is 13.3. The molecule has 0 saturated carbocycles. The van der Waals surface area contributed by atoms with Crippen molar-refractivity contribution < 1.29 is 27.5 Å². The Labute approximate surface area is 216 Å². The van der Waals surface area contributed by atoms with Gasteiger partial charge in [-0.25, -0.2) is 0 Å². The maximum Gasteiger partial charge on any atom is 0.416 e. The lowest BCUT2D eigenvalue weighted by Gasteiger charge is -2.32. The Kier molecular flexibility index (Phi) is 7.57. The van der Waals surface area contributed by atoms with Crippen molar-refractivity contribution in [3.05, 3.63) is 68.8 Å². The van der Waals surface area contributed by atoms with Gasteiger partial charge in [0.15, 0.2) is 0 Å². The van der Waals surface area contributed by atoms with Crippen molar-refractivity contribution in [1.82, 2.24) is 9.47 Å². The van der Waals surface area contributed by atoms with Gasteiger partial charge in [0.05, 0.1) is 35.3 Å². The zero-order chi connectivity index (χ0) is 26.2. The van der Waals surface area contributed by atoms with Crippen LogP contribution >= 0.6 is 23.2 Å². The molecule has 0 spiro atoms. The van der Waals surface area contributed by atoms with Crippen LogP contribution in [-0.4, -0.2) is 41.5 Å². The number of nitrogens with zero attached hydrogens (tertiary/aromatic N) is 2. The molecule has 4 rings (SSSR count). The summed E-state index contributed by atoms with van der Waals surface area (Å²) in [5.41, 5.74) is 1.24. The summed E-state index contributed by atoms with van der Waals surface area (Å²) in [6.07, 6.45) is -1.04. The van der Waals surface area contributed by atoms with Crippen LogP contribution in [-0.2, 0) is 22.3 Å². The van der Waals surface area contributed by atoms with Crippen LogP contribution < -0.4 is 0 Å². The predicted molar refractivity (Wildman–Crippen MR) is 133 cm³/mol. The Morgan fingerprint density at radius 3 is 2.44 bits per heavy atom. The van der Waals surface area contributed by atoms with E-state index in [2.05, 4.69) is 0 Å². The summed E-state index contributed by atoms with van der Waals surface area (Å²) >= 11 is 13.1. The van der Waals surface area contributed by atoms with Gasteiger partial charge in [-0.2, -0.15) is 13.2 Å². The summed E-state index contributed by atoms with van der Waals surface area (Å²) in [4.78, 5) is 26.5. The van der Waals surface area contributed by atoms with Crippen molar-refractivity contribution in [2.75, 3.05) is 20.2 Å². The number of carbonyl (C=O) groups is 2. The Bertz CT molecular complexity index is 1310. The molecular weight excluding hydrogens is 516 g/mol. The molecule has 1 aliphatic heterocycles. The molecule has 0 aliphatic carbocycles. The highest BCUT2D eigenvalue weighted by Gasteiger charge is 2.31. The third kappa shape index (κ3) is 5.34. The summed E-state index contributed by atoms with van der Waals surface area (Å²) < 4.78 is 46.2. The molecule has 1 aliphatic rings. The highest BCUT2D eigenvalue weighted by atomic mass is 35.5. The molecule has 1 amide bonds. The zero-order valence-corrected chi connectivity index (χ0v) is 21.3. The fourth-order valence-corrected chi connectivity index (χ4v) is 5.35. The van der Waals surface area contributed by atoms with Gasteiger partial charge in [0.2, 0.25) is 0 Å². The van der Waals surface area contributed by atoms with E-state index in [0.717, 1.165) is 12.1 Å². The molecular formula is C26H25Cl2F3N2O3. The molecule has 0 bridgehead atoms. The van der Waals surface area contributed by atoms with Gasteiger partial charge in [0.25, 0.3) is 5.91 Å². The lowest BCUT2D eigenvalue weighted by atomic mass is 9.93.